The van der Waals surface area contributed by atoms with Crippen molar-refractivity contribution >= 4 is 12.0 Å². The zero-order chi connectivity index (χ0) is 18.9. The van der Waals surface area contributed by atoms with Crippen molar-refractivity contribution in [2.24, 2.45) is 0 Å². The van der Waals surface area contributed by atoms with Gasteiger partial charge in [0.25, 0.3) is 0 Å². The number of halogens is 2. The van der Waals surface area contributed by atoms with Crippen LogP contribution in [0, 0.1) is 0 Å². The third-order valence-corrected chi connectivity index (χ3v) is 3.43. The molecule has 2 aromatic carbocycles. The first kappa shape index (κ1) is 19.2. The van der Waals surface area contributed by atoms with Gasteiger partial charge in [-0.2, -0.15) is 8.78 Å². The third-order valence-electron chi connectivity index (χ3n) is 3.43. The fraction of sp³-hybridized carbons (Fsp3) is 0.211. The van der Waals surface area contributed by atoms with Gasteiger partial charge in [0.15, 0.2) is 0 Å². The van der Waals surface area contributed by atoms with Gasteiger partial charge in [-0.1, -0.05) is 18.2 Å². The third kappa shape index (κ3) is 5.77. The van der Waals surface area contributed by atoms with Crippen molar-refractivity contribution in [3.63, 3.8) is 0 Å². The molecule has 2 aromatic rings. The van der Waals surface area contributed by atoms with Gasteiger partial charge in [0.1, 0.15) is 17.2 Å². The molecule has 0 saturated heterocycles. The van der Waals surface area contributed by atoms with Crippen LogP contribution >= 0.6 is 0 Å². The molecule has 2 rings (SSSR count). The molecule has 0 spiro atoms. The number of amides is 1. The van der Waals surface area contributed by atoms with Gasteiger partial charge in [-0.3, -0.25) is 4.79 Å². The first-order valence-corrected chi connectivity index (χ1v) is 7.73. The molecule has 7 heteroatoms. The molecular weight excluding hydrogens is 344 g/mol. The first-order chi connectivity index (χ1) is 12.5. The zero-order valence-electron chi connectivity index (χ0n) is 14.4. The lowest BCUT2D eigenvalue weighted by Gasteiger charge is -2.09. The Hall–Kier alpha value is -3.09. The van der Waals surface area contributed by atoms with Gasteiger partial charge in [0, 0.05) is 24.3 Å². The standard InChI is InChI=1S/C19H19F2NO4/c1-24-15-9-13(10-16(11-15)25-2)12-22-18(23)8-7-14-5-3-4-6-17(14)26-19(20)21/h3-11,19H,12H2,1-2H3,(H,22,23)/b8-7+. The summed E-state index contributed by atoms with van der Waals surface area (Å²) < 4.78 is 39.5. The van der Waals surface area contributed by atoms with Gasteiger partial charge < -0.3 is 19.5 Å². The lowest BCUT2D eigenvalue weighted by molar-refractivity contribution is -0.116. The lowest BCUT2D eigenvalue weighted by atomic mass is 10.2. The van der Waals surface area contributed by atoms with Crippen LogP contribution in [0.15, 0.2) is 48.5 Å². The van der Waals surface area contributed by atoms with Crippen LogP contribution in [-0.4, -0.2) is 26.7 Å². The van der Waals surface area contributed by atoms with E-state index >= 15 is 0 Å². The molecule has 0 fully saturated rings. The first-order valence-electron chi connectivity index (χ1n) is 7.73. The van der Waals surface area contributed by atoms with E-state index in [1.54, 1.807) is 50.6 Å². The Balaban J connectivity index is 2.00. The SMILES string of the molecule is COc1cc(CNC(=O)/C=C/c2ccccc2OC(F)F)cc(OC)c1. The highest BCUT2D eigenvalue weighted by molar-refractivity contribution is 5.92. The fourth-order valence-electron chi connectivity index (χ4n) is 2.20. The topological polar surface area (TPSA) is 56.8 Å². The Morgan fingerprint density at radius 3 is 2.38 bits per heavy atom. The highest BCUT2D eigenvalue weighted by Gasteiger charge is 2.08. The largest absolute Gasteiger partial charge is 0.497 e. The maximum absolute atomic E-state index is 12.4. The Morgan fingerprint density at radius 1 is 1.12 bits per heavy atom. The molecular formula is C19H19F2NO4. The Morgan fingerprint density at radius 2 is 1.77 bits per heavy atom. The van der Waals surface area contributed by atoms with Crippen LogP contribution in [0.2, 0.25) is 0 Å². The summed E-state index contributed by atoms with van der Waals surface area (Å²) in [5, 5.41) is 2.71. The molecule has 138 valence electrons. The number of hydrogen-bond donors (Lipinski definition) is 1. The van der Waals surface area contributed by atoms with Crippen molar-refractivity contribution in [2.45, 2.75) is 13.2 Å². The number of carbonyl (C=O) groups is 1. The summed E-state index contributed by atoms with van der Waals surface area (Å²) in [6, 6.07) is 11.5. The Labute approximate surface area is 150 Å². The normalized spacial score (nSPS) is 10.8. The molecule has 0 unspecified atom stereocenters. The van der Waals surface area contributed by atoms with E-state index in [2.05, 4.69) is 10.1 Å². The predicted octanol–water partition coefficient (Wildman–Crippen LogP) is 3.63. The van der Waals surface area contributed by atoms with Crippen molar-refractivity contribution < 1.29 is 27.8 Å². The summed E-state index contributed by atoms with van der Waals surface area (Å²) >= 11 is 0. The lowest BCUT2D eigenvalue weighted by Crippen LogP contribution is -2.20. The van der Waals surface area contributed by atoms with E-state index in [1.807, 2.05) is 0 Å². The van der Waals surface area contributed by atoms with Crippen LogP contribution in [0.1, 0.15) is 11.1 Å². The van der Waals surface area contributed by atoms with E-state index < -0.39 is 6.61 Å². The molecule has 0 aliphatic rings. The summed E-state index contributed by atoms with van der Waals surface area (Å²) in [4.78, 5) is 12.0. The van der Waals surface area contributed by atoms with Crippen LogP contribution in [0.3, 0.4) is 0 Å². The number of methoxy groups -OCH3 is 2. The number of hydrogen-bond acceptors (Lipinski definition) is 4. The van der Waals surface area contributed by atoms with Crippen molar-refractivity contribution in [1.82, 2.24) is 5.32 Å². The molecule has 0 atom stereocenters. The molecule has 0 heterocycles. The maximum Gasteiger partial charge on any atom is 0.387 e. The second kappa shape index (κ2) is 9.41. The van der Waals surface area contributed by atoms with E-state index in [1.165, 1.54) is 18.2 Å². The van der Waals surface area contributed by atoms with Crippen molar-refractivity contribution in [1.29, 1.82) is 0 Å². The zero-order valence-corrected chi connectivity index (χ0v) is 14.4. The number of benzene rings is 2. The average Bonchev–Trinajstić information content (AvgIpc) is 2.64. The van der Waals surface area contributed by atoms with Crippen molar-refractivity contribution in [3.05, 3.63) is 59.7 Å². The second-order valence-corrected chi connectivity index (χ2v) is 5.19. The number of para-hydroxylation sites is 1. The van der Waals surface area contributed by atoms with Crippen LogP contribution < -0.4 is 19.5 Å². The molecule has 0 radical (unpaired) electrons. The Kier molecular flexibility index (Phi) is 6.96. The summed E-state index contributed by atoms with van der Waals surface area (Å²) in [5.74, 6) is 0.854. The van der Waals surface area contributed by atoms with Gasteiger partial charge in [0.2, 0.25) is 5.91 Å². The summed E-state index contributed by atoms with van der Waals surface area (Å²) in [7, 11) is 3.08. The average molecular weight is 363 g/mol. The van der Waals surface area contributed by atoms with E-state index in [-0.39, 0.29) is 18.2 Å². The van der Waals surface area contributed by atoms with Crippen molar-refractivity contribution in [3.8, 4) is 17.2 Å². The molecule has 1 N–H and O–H groups in total. The van der Waals surface area contributed by atoms with Crippen LogP contribution in [-0.2, 0) is 11.3 Å². The highest BCUT2D eigenvalue weighted by atomic mass is 19.3. The summed E-state index contributed by atoms with van der Waals surface area (Å²) in [6.07, 6.45) is 2.67. The minimum atomic E-state index is -2.93. The number of ether oxygens (including phenoxy) is 3. The molecule has 0 aromatic heterocycles. The van der Waals surface area contributed by atoms with Crippen LogP contribution in [0.5, 0.6) is 17.2 Å². The summed E-state index contributed by atoms with van der Waals surface area (Å²) in [5.41, 5.74) is 1.18. The monoisotopic (exact) mass is 363 g/mol. The second-order valence-electron chi connectivity index (χ2n) is 5.19. The summed E-state index contributed by atoms with van der Waals surface area (Å²) in [6.45, 7) is -2.67. The Bertz CT molecular complexity index is 756. The quantitative estimate of drug-likeness (QED) is 0.728. The van der Waals surface area contributed by atoms with E-state index in [0.717, 1.165) is 5.56 Å². The predicted molar refractivity (Wildman–Crippen MR) is 93.5 cm³/mol. The smallest absolute Gasteiger partial charge is 0.387 e. The maximum atomic E-state index is 12.4. The van der Waals surface area contributed by atoms with Gasteiger partial charge in [-0.25, -0.2) is 0 Å². The minimum Gasteiger partial charge on any atom is -0.497 e. The number of carbonyl (C=O) groups excluding carboxylic acids is 1. The number of alkyl halides is 2. The molecule has 0 bridgehead atoms. The van der Waals surface area contributed by atoms with E-state index in [0.29, 0.717) is 17.1 Å². The highest BCUT2D eigenvalue weighted by Crippen LogP contribution is 2.23. The molecule has 0 aliphatic carbocycles. The number of rotatable bonds is 8. The van der Waals surface area contributed by atoms with Gasteiger partial charge in [-0.05, 0) is 29.8 Å². The molecule has 0 aliphatic heterocycles. The molecule has 5 nitrogen and oxygen atoms in total. The van der Waals surface area contributed by atoms with Crippen LogP contribution in [0.4, 0.5) is 8.78 Å². The van der Waals surface area contributed by atoms with Crippen molar-refractivity contribution in [2.75, 3.05) is 14.2 Å². The van der Waals surface area contributed by atoms with Crippen LogP contribution in [0.25, 0.3) is 6.08 Å². The van der Waals surface area contributed by atoms with Gasteiger partial charge >= 0.3 is 6.61 Å². The van der Waals surface area contributed by atoms with Gasteiger partial charge in [0.05, 0.1) is 14.2 Å². The minimum absolute atomic E-state index is 0.00378. The van der Waals surface area contributed by atoms with Gasteiger partial charge in [-0.15, -0.1) is 0 Å². The molecule has 1 amide bonds. The number of nitrogens with one attached hydrogen (secondary N) is 1. The van der Waals surface area contributed by atoms with E-state index in [4.69, 9.17) is 9.47 Å². The fourth-order valence-corrected chi connectivity index (χ4v) is 2.20. The molecule has 0 saturated carbocycles. The molecule has 26 heavy (non-hydrogen) atoms. The van der Waals surface area contributed by atoms with E-state index in [9.17, 15) is 13.6 Å².